The van der Waals surface area contributed by atoms with E-state index < -0.39 is 9.90 Å². The van der Waals surface area contributed by atoms with Gasteiger partial charge < -0.3 is 15.3 Å². The lowest BCUT2D eigenvalue weighted by molar-refractivity contribution is -0.307. The molecule has 0 aliphatic rings. The molecule has 4 heteroatoms. The Morgan fingerprint density at radius 1 is 1.17 bits per heavy atom. The third-order valence-corrected chi connectivity index (χ3v) is 3.19. The predicted molar refractivity (Wildman–Crippen MR) is 56.0 cm³/mol. The molecule has 1 atom stereocenters. The summed E-state index contributed by atoms with van der Waals surface area (Å²) in [6.07, 6.45) is 4.99. The molecule has 0 fully saturated rings. The van der Waals surface area contributed by atoms with Crippen molar-refractivity contribution in [1.82, 2.24) is 0 Å². The minimum atomic E-state index is -2.51. The van der Waals surface area contributed by atoms with E-state index in [2.05, 4.69) is 6.92 Å². The summed E-state index contributed by atoms with van der Waals surface area (Å²) in [7, 11) is 0. The molecule has 0 radical (unpaired) electrons. The van der Waals surface area contributed by atoms with Crippen LogP contribution in [-0.4, -0.2) is 25.2 Å². The van der Waals surface area contributed by atoms with Crippen LogP contribution in [0, 0.1) is 0 Å². The van der Waals surface area contributed by atoms with E-state index in [9.17, 15) is 0 Å². The minimum Gasteiger partial charge on any atom is -0.343 e. The molecule has 0 aromatic heterocycles. The summed E-state index contributed by atoms with van der Waals surface area (Å²) in [5.41, 5.74) is 0. The molecule has 0 aromatic carbocycles. The fourth-order valence-electron chi connectivity index (χ4n) is 0.944. The van der Waals surface area contributed by atoms with Gasteiger partial charge in [-0.3, -0.25) is 0 Å². The van der Waals surface area contributed by atoms with Crippen LogP contribution in [-0.2, 0) is 0 Å². The van der Waals surface area contributed by atoms with E-state index in [0.29, 0.717) is 6.42 Å². The van der Waals surface area contributed by atoms with Gasteiger partial charge in [-0.2, -0.15) is 0 Å². The molecule has 12 heavy (non-hydrogen) atoms. The van der Waals surface area contributed by atoms with Crippen molar-refractivity contribution >= 4 is 22.6 Å². The molecule has 0 saturated heterocycles. The molecular formula is C8H17IO3. The molecule has 0 rings (SSSR count). The van der Waals surface area contributed by atoms with Crippen molar-refractivity contribution in [2.75, 3.05) is 0 Å². The molecule has 0 spiro atoms. The Morgan fingerprint density at radius 2 is 1.75 bits per heavy atom. The summed E-state index contributed by atoms with van der Waals surface area (Å²) >= 11 is 1.85. The van der Waals surface area contributed by atoms with Gasteiger partial charge in [0.15, 0.2) is 0 Å². The number of halogens is 1. The Morgan fingerprint density at radius 3 is 2.17 bits per heavy atom. The van der Waals surface area contributed by atoms with Crippen molar-refractivity contribution < 1.29 is 15.3 Å². The van der Waals surface area contributed by atoms with Gasteiger partial charge in [0.25, 0.3) is 5.97 Å². The highest BCUT2D eigenvalue weighted by atomic mass is 127. The molecule has 0 aliphatic carbocycles. The second kappa shape index (κ2) is 6.12. The van der Waals surface area contributed by atoms with Gasteiger partial charge in [-0.1, -0.05) is 55.2 Å². The maximum Gasteiger partial charge on any atom is 0.287 e. The number of rotatable bonds is 6. The van der Waals surface area contributed by atoms with Gasteiger partial charge in [-0.15, -0.1) is 0 Å². The highest BCUT2D eigenvalue weighted by Gasteiger charge is 2.28. The zero-order valence-corrected chi connectivity index (χ0v) is 9.49. The van der Waals surface area contributed by atoms with Gasteiger partial charge in [-0.05, 0) is 6.42 Å². The summed E-state index contributed by atoms with van der Waals surface area (Å²) in [5.74, 6) is -2.51. The van der Waals surface area contributed by atoms with Gasteiger partial charge >= 0.3 is 0 Å². The van der Waals surface area contributed by atoms with Crippen molar-refractivity contribution in [3.8, 4) is 0 Å². The normalized spacial score (nSPS) is 14.8. The monoisotopic (exact) mass is 288 g/mol. The van der Waals surface area contributed by atoms with Crippen molar-refractivity contribution in [2.45, 2.75) is 48.9 Å². The van der Waals surface area contributed by atoms with Crippen LogP contribution in [0.15, 0.2) is 0 Å². The quantitative estimate of drug-likeness (QED) is 0.299. The molecule has 3 N–H and O–H groups in total. The summed E-state index contributed by atoms with van der Waals surface area (Å²) in [5, 5.41) is 26.2. The van der Waals surface area contributed by atoms with Gasteiger partial charge in [0, 0.05) is 0 Å². The van der Waals surface area contributed by atoms with Crippen LogP contribution >= 0.6 is 22.6 Å². The van der Waals surface area contributed by atoms with Crippen LogP contribution in [0.4, 0.5) is 0 Å². The van der Waals surface area contributed by atoms with Gasteiger partial charge in [0.1, 0.15) is 0 Å². The summed E-state index contributed by atoms with van der Waals surface area (Å²) in [6, 6.07) is 0. The molecule has 1 unspecified atom stereocenters. The van der Waals surface area contributed by atoms with Crippen LogP contribution in [0.5, 0.6) is 0 Å². The van der Waals surface area contributed by atoms with Crippen LogP contribution in [0.2, 0.25) is 0 Å². The first-order valence-electron chi connectivity index (χ1n) is 4.29. The Kier molecular flexibility index (Phi) is 6.43. The van der Waals surface area contributed by atoms with E-state index in [1.54, 1.807) is 0 Å². The van der Waals surface area contributed by atoms with Gasteiger partial charge in [0.2, 0.25) is 0 Å². The van der Waals surface area contributed by atoms with Crippen molar-refractivity contribution in [3.63, 3.8) is 0 Å². The number of aliphatic hydroxyl groups is 3. The lowest BCUT2D eigenvalue weighted by Gasteiger charge is -2.20. The lowest BCUT2D eigenvalue weighted by Crippen LogP contribution is -2.37. The minimum absolute atomic E-state index is 0.494. The maximum atomic E-state index is 8.75. The van der Waals surface area contributed by atoms with E-state index in [4.69, 9.17) is 15.3 Å². The Hall–Kier alpha value is 0.610. The maximum absolute atomic E-state index is 8.75. The SMILES string of the molecule is CCCCCCC(I)C(O)(O)O. The van der Waals surface area contributed by atoms with E-state index in [0.717, 1.165) is 19.3 Å². The molecule has 0 heterocycles. The number of hydrogen-bond acceptors (Lipinski definition) is 3. The summed E-state index contributed by atoms with van der Waals surface area (Å²) in [4.78, 5) is 0. The molecular weight excluding hydrogens is 271 g/mol. The first kappa shape index (κ1) is 12.6. The summed E-state index contributed by atoms with van der Waals surface area (Å²) in [6.45, 7) is 2.12. The first-order chi connectivity index (χ1) is 5.48. The van der Waals surface area contributed by atoms with E-state index in [1.807, 2.05) is 22.6 Å². The number of hydrogen-bond donors (Lipinski definition) is 3. The van der Waals surface area contributed by atoms with E-state index in [-0.39, 0.29) is 0 Å². The molecule has 0 amide bonds. The number of unbranched alkanes of at least 4 members (excludes halogenated alkanes) is 3. The lowest BCUT2D eigenvalue weighted by atomic mass is 10.1. The van der Waals surface area contributed by atoms with Crippen molar-refractivity contribution in [1.29, 1.82) is 0 Å². The molecule has 0 saturated carbocycles. The third-order valence-electron chi connectivity index (χ3n) is 1.73. The third kappa shape index (κ3) is 6.16. The zero-order valence-electron chi connectivity index (χ0n) is 7.33. The van der Waals surface area contributed by atoms with Crippen LogP contribution in [0.3, 0.4) is 0 Å². The smallest absolute Gasteiger partial charge is 0.287 e. The second-order valence-corrected chi connectivity index (χ2v) is 4.51. The summed E-state index contributed by atoms with van der Waals surface area (Å²) < 4.78 is -0.494. The average Bonchev–Trinajstić information content (AvgIpc) is 1.96. The largest absolute Gasteiger partial charge is 0.343 e. The van der Waals surface area contributed by atoms with Crippen molar-refractivity contribution in [3.05, 3.63) is 0 Å². The topological polar surface area (TPSA) is 60.7 Å². The van der Waals surface area contributed by atoms with Crippen LogP contribution in [0.25, 0.3) is 0 Å². The highest BCUT2D eigenvalue weighted by molar-refractivity contribution is 14.1. The second-order valence-electron chi connectivity index (χ2n) is 3.00. The zero-order chi connectivity index (χ0) is 9.61. The molecule has 0 bridgehead atoms. The molecule has 3 nitrogen and oxygen atoms in total. The fraction of sp³-hybridized carbons (Fsp3) is 1.00. The highest BCUT2D eigenvalue weighted by Crippen LogP contribution is 2.20. The fourth-order valence-corrected chi connectivity index (χ4v) is 1.38. The van der Waals surface area contributed by atoms with E-state index in [1.165, 1.54) is 6.42 Å². The predicted octanol–water partition coefficient (Wildman–Crippen LogP) is 1.39. The van der Waals surface area contributed by atoms with Crippen molar-refractivity contribution in [2.24, 2.45) is 0 Å². The Balaban J connectivity index is 3.38. The van der Waals surface area contributed by atoms with Gasteiger partial charge in [0.05, 0.1) is 3.92 Å². The first-order valence-corrected chi connectivity index (χ1v) is 5.54. The Labute approximate surface area is 86.9 Å². The standard InChI is InChI=1S/C8H17IO3/c1-2-3-4-5-6-7(9)8(10,11)12/h7,10-12H,2-6H2,1H3. The Bertz CT molecular complexity index is 111. The molecule has 0 aliphatic heterocycles. The molecule has 0 aromatic rings. The van der Waals surface area contributed by atoms with Crippen LogP contribution in [0.1, 0.15) is 39.0 Å². The van der Waals surface area contributed by atoms with Crippen LogP contribution < -0.4 is 0 Å². The van der Waals surface area contributed by atoms with Gasteiger partial charge in [-0.25, -0.2) is 0 Å². The van der Waals surface area contributed by atoms with E-state index >= 15 is 0 Å². The molecule has 74 valence electrons. The average molecular weight is 288 g/mol. The number of alkyl halides is 1.